The number of nitrogens with zero attached hydrogens (tertiary/aromatic N) is 1. The minimum atomic E-state index is 0.845. The van der Waals surface area contributed by atoms with Crippen molar-refractivity contribution in [3.8, 4) is 0 Å². The molecule has 1 aliphatic carbocycles. The first kappa shape index (κ1) is 8.31. The number of likely N-dealkylation sites (N-methyl/N-ethyl adjacent to an activating group) is 1. The summed E-state index contributed by atoms with van der Waals surface area (Å²) in [6.07, 6.45) is 3.82. The van der Waals surface area contributed by atoms with Crippen LogP contribution in [0.2, 0.25) is 0 Å². The van der Waals surface area contributed by atoms with Crippen molar-refractivity contribution in [1.29, 1.82) is 0 Å². The fraction of sp³-hybridized carbons (Fsp3) is 0.818. The van der Waals surface area contributed by atoms with Crippen LogP contribution in [0.15, 0.2) is 11.6 Å². The Morgan fingerprint density at radius 2 is 2.25 bits per heavy atom. The molecule has 12 heavy (non-hydrogen) atoms. The highest BCUT2D eigenvalue weighted by atomic mass is 15.1. The molecule has 0 radical (unpaired) electrons. The average Bonchev–Trinajstić information content (AvgIpc) is 2.24. The largest absolute Gasteiger partial charge is 0.302 e. The lowest BCUT2D eigenvalue weighted by molar-refractivity contribution is 0.183. The molecule has 1 aliphatic heterocycles. The van der Waals surface area contributed by atoms with Gasteiger partial charge in [0.2, 0.25) is 0 Å². The number of hydrogen-bond acceptors (Lipinski definition) is 1. The van der Waals surface area contributed by atoms with Gasteiger partial charge in [0, 0.05) is 13.1 Å². The minimum absolute atomic E-state index is 0.845. The molecule has 0 aromatic rings. The van der Waals surface area contributed by atoms with E-state index in [1.807, 2.05) is 0 Å². The maximum absolute atomic E-state index is 2.48. The molecule has 2 unspecified atom stereocenters. The van der Waals surface area contributed by atoms with Crippen LogP contribution in [0.3, 0.4) is 0 Å². The predicted molar refractivity (Wildman–Crippen MR) is 52.0 cm³/mol. The molecule has 2 rings (SSSR count). The number of allylic oxidation sites excluding steroid dienone is 1. The highest BCUT2D eigenvalue weighted by molar-refractivity contribution is 5.20. The van der Waals surface area contributed by atoms with Crippen molar-refractivity contribution in [2.75, 3.05) is 20.1 Å². The molecule has 1 heteroatoms. The molecule has 1 saturated heterocycles. The summed E-state index contributed by atoms with van der Waals surface area (Å²) in [5, 5.41) is 0. The summed E-state index contributed by atoms with van der Waals surface area (Å²) in [6.45, 7) is 7.26. The van der Waals surface area contributed by atoms with Crippen LogP contribution in [0.5, 0.6) is 0 Å². The highest BCUT2D eigenvalue weighted by Crippen LogP contribution is 2.40. The normalized spacial score (nSPS) is 35.8. The van der Waals surface area contributed by atoms with Crippen LogP contribution >= 0.6 is 0 Å². The Bertz CT molecular complexity index is 205. The fourth-order valence-electron chi connectivity index (χ4n) is 3.00. The van der Waals surface area contributed by atoms with Crippen LogP contribution in [0.4, 0.5) is 0 Å². The van der Waals surface area contributed by atoms with Gasteiger partial charge in [0.05, 0.1) is 0 Å². The van der Waals surface area contributed by atoms with Gasteiger partial charge in [0.1, 0.15) is 0 Å². The molecule has 1 nitrogen and oxygen atoms in total. The Labute approximate surface area is 75.4 Å². The molecule has 0 N–H and O–H groups in total. The second-order valence-corrected chi connectivity index (χ2v) is 4.74. The molecular weight excluding hydrogens is 146 g/mol. The standard InChI is InChI=1S/C11H19N/c1-8(2)11-9-4-5-10(11)7-12(3)6-9/h4,8,10-11H,5-7H2,1-3H3. The fourth-order valence-corrected chi connectivity index (χ4v) is 3.00. The molecule has 2 bridgehead atoms. The van der Waals surface area contributed by atoms with Crippen LogP contribution in [0.25, 0.3) is 0 Å². The monoisotopic (exact) mass is 165 g/mol. The number of likely N-dealkylation sites (tertiary alicyclic amines) is 1. The number of fused-ring (bicyclic) bond motifs is 2. The van der Waals surface area contributed by atoms with Gasteiger partial charge in [-0.2, -0.15) is 0 Å². The van der Waals surface area contributed by atoms with Crippen LogP contribution in [0, 0.1) is 17.8 Å². The molecule has 0 spiro atoms. The van der Waals surface area contributed by atoms with Crippen molar-refractivity contribution in [3.63, 3.8) is 0 Å². The molecule has 1 heterocycles. The summed E-state index contributed by atoms with van der Waals surface area (Å²) in [5.41, 5.74) is 1.71. The second kappa shape index (κ2) is 2.88. The molecule has 2 aliphatic rings. The van der Waals surface area contributed by atoms with E-state index in [1.54, 1.807) is 5.57 Å². The summed E-state index contributed by atoms with van der Waals surface area (Å²) in [5.74, 6) is 2.68. The number of rotatable bonds is 1. The molecule has 0 aromatic heterocycles. The zero-order valence-corrected chi connectivity index (χ0v) is 8.38. The average molecular weight is 165 g/mol. The molecular formula is C11H19N. The van der Waals surface area contributed by atoms with E-state index in [0.717, 1.165) is 17.8 Å². The molecule has 1 fully saturated rings. The third-order valence-corrected chi connectivity index (χ3v) is 3.34. The lowest BCUT2D eigenvalue weighted by Gasteiger charge is -2.36. The summed E-state index contributed by atoms with van der Waals surface area (Å²) in [4.78, 5) is 2.46. The van der Waals surface area contributed by atoms with Crippen molar-refractivity contribution in [2.24, 2.45) is 17.8 Å². The lowest BCUT2D eigenvalue weighted by Crippen LogP contribution is -2.38. The van der Waals surface area contributed by atoms with Crippen molar-refractivity contribution in [1.82, 2.24) is 4.90 Å². The topological polar surface area (TPSA) is 3.24 Å². The van der Waals surface area contributed by atoms with Crippen molar-refractivity contribution >= 4 is 0 Å². The van der Waals surface area contributed by atoms with E-state index >= 15 is 0 Å². The zero-order valence-electron chi connectivity index (χ0n) is 8.38. The summed E-state index contributed by atoms with van der Waals surface area (Å²) >= 11 is 0. The number of piperidine rings is 1. The lowest BCUT2D eigenvalue weighted by atomic mass is 9.79. The second-order valence-electron chi connectivity index (χ2n) is 4.74. The van der Waals surface area contributed by atoms with E-state index in [2.05, 4.69) is 31.9 Å². The van der Waals surface area contributed by atoms with Gasteiger partial charge in [0.15, 0.2) is 0 Å². The zero-order chi connectivity index (χ0) is 8.72. The van der Waals surface area contributed by atoms with Crippen molar-refractivity contribution in [2.45, 2.75) is 20.3 Å². The first-order valence-corrected chi connectivity index (χ1v) is 5.06. The van der Waals surface area contributed by atoms with Crippen molar-refractivity contribution < 1.29 is 0 Å². The third-order valence-electron chi connectivity index (χ3n) is 3.34. The molecule has 0 amide bonds. The third kappa shape index (κ3) is 1.20. The Balaban J connectivity index is 2.15. The molecule has 68 valence electrons. The Morgan fingerprint density at radius 3 is 2.83 bits per heavy atom. The maximum atomic E-state index is 2.48. The van der Waals surface area contributed by atoms with E-state index < -0.39 is 0 Å². The molecule has 0 aromatic carbocycles. The Kier molecular flexibility index (Phi) is 1.99. The quantitative estimate of drug-likeness (QED) is 0.538. The SMILES string of the molecule is CC(C)C1C2=CCC1CN(C)C2. The maximum Gasteiger partial charge on any atom is 0.0192 e. The summed E-state index contributed by atoms with van der Waals surface area (Å²) in [7, 11) is 2.24. The van der Waals surface area contributed by atoms with Crippen molar-refractivity contribution in [3.05, 3.63) is 11.6 Å². The number of hydrogen-bond donors (Lipinski definition) is 0. The predicted octanol–water partition coefficient (Wildman–Crippen LogP) is 2.15. The summed E-state index contributed by atoms with van der Waals surface area (Å²) < 4.78 is 0. The van der Waals surface area contributed by atoms with Crippen LogP contribution < -0.4 is 0 Å². The van der Waals surface area contributed by atoms with Crippen LogP contribution in [-0.2, 0) is 0 Å². The Hall–Kier alpha value is -0.300. The van der Waals surface area contributed by atoms with Gasteiger partial charge >= 0.3 is 0 Å². The van der Waals surface area contributed by atoms with E-state index in [9.17, 15) is 0 Å². The van der Waals surface area contributed by atoms with Gasteiger partial charge in [0.25, 0.3) is 0 Å². The van der Waals surface area contributed by atoms with Gasteiger partial charge in [-0.1, -0.05) is 25.5 Å². The van der Waals surface area contributed by atoms with Crippen LogP contribution in [0.1, 0.15) is 20.3 Å². The summed E-state index contributed by atoms with van der Waals surface area (Å²) in [6, 6.07) is 0. The van der Waals surface area contributed by atoms with Gasteiger partial charge in [-0.05, 0) is 31.2 Å². The van der Waals surface area contributed by atoms with E-state index in [4.69, 9.17) is 0 Å². The smallest absolute Gasteiger partial charge is 0.0192 e. The van der Waals surface area contributed by atoms with Gasteiger partial charge in [-0.3, -0.25) is 0 Å². The van der Waals surface area contributed by atoms with Crippen LogP contribution in [-0.4, -0.2) is 25.0 Å². The first-order chi connectivity index (χ1) is 5.68. The molecule has 2 atom stereocenters. The van der Waals surface area contributed by atoms with Gasteiger partial charge < -0.3 is 4.90 Å². The van der Waals surface area contributed by atoms with E-state index in [-0.39, 0.29) is 0 Å². The molecule has 0 saturated carbocycles. The van der Waals surface area contributed by atoms with Gasteiger partial charge in [-0.25, -0.2) is 0 Å². The highest BCUT2D eigenvalue weighted by Gasteiger charge is 2.36. The minimum Gasteiger partial charge on any atom is -0.302 e. The van der Waals surface area contributed by atoms with E-state index in [1.165, 1.54) is 19.5 Å². The Morgan fingerprint density at radius 1 is 1.50 bits per heavy atom. The first-order valence-electron chi connectivity index (χ1n) is 5.06. The van der Waals surface area contributed by atoms with Gasteiger partial charge in [-0.15, -0.1) is 0 Å². The van der Waals surface area contributed by atoms with E-state index in [0.29, 0.717) is 0 Å².